The molecule has 1 fully saturated rings. The van der Waals surface area contributed by atoms with Gasteiger partial charge in [0.2, 0.25) is 0 Å². The zero-order valence-electron chi connectivity index (χ0n) is 22.4. The Morgan fingerprint density at radius 3 is 2.39 bits per heavy atom. The topological polar surface area (TPSA) is 114 Å². The monoisotopic (exact) mass is 545 g/mol. The highest BCUT2D eigenvalue weighted by Crippen LogP contribution is 2.18. The average Bonchev–Trinajstić information content (AvgIpc) is 2.87. The smallest absolute Gasteiger partial charge is 0.409 e. The van der Waals surface area contributed by atoms with Crippen LogP contribution in [0.4, 0.5) is 4.79 Å². The Morgan fingerprint density at radius 2 is 1.76 bits per heavy atom. The maximum Gasteiger partial charge on any atom is 0.409 e. The first-order chi connectivity index (χ1) is 18.0. The summed E-state index contributed by atoms with van der Waals surface area (Å²) in [5.74, 6) is -0.394. The van der Waals surface area contributed by atoms with E-state index in [1.807, 2.05) is 51.1 Å². The minimum absolute atomic E-state index is 0.137. The minimum atomic E-state index is -0.592. The second kappa shape index (κ2) is 13.5. The predicted molar refractivity (Wildman–Crippen MR) is 144 cm³/mol. The number of rotatable bonds is 9. The van der Waals surface area contributed by atoms with Gasteiger partial charge in [-0.1, -0.05) is 41.9 Å². The molecule has 0 bridgehead atoms. The van der Waals surface area contributed by atoms with Crippen LogP contribution in [0.3, 0.4) is 0 Å². The fraction of sp³-hybridized carbons (Fsp3) is 0.519. The van der Waals surface area contributed by atoms with Crippen LogP contribution in [-0.4, -0.2) is 88.7 Å². The first kappa shape index (κ1) is 29.3. The number of carbonyl (C=O) groups is 3. The van der Waals surface area contributed by atoms with Gasteiger partial charge in [0.25, 0.3) is 5.91 Å². The Bertz CT molecular complexity index is 1100. The third-order valence-electron chi connectivity index (χ3n) is 5.79. The molecule has 2 heterocycles. The van der Waals surface area contributed by atoms with Crippen molar-refractivity contribution >= 4 is 29.6 Å². The predicted octanol–water partition coefficient (Wildman–Crippen LogP) is 3.79. The van der Waals surface area contributed by atoms with Crippen molar-refractivity contribution in [2.75, 3.05) is 39.3 Å². The summed E-state index contributed by atoms with van der Waals surface area (Å²) in [5, 5.41) is 3.17. The molecule has 1 aliphatic heterocycles. The number of amides is 2. The Balaban J connectivity index is 1.70. The van der Waals surface area contributed by atoms with Gasteiger partial charge in [0.05, 0.1) is 6.61 Å². The molecule has 0 unspecified atom stereocenters. The molecule has 206 valence electrons. The van der Waals surface area contributed by atoms with E-state index in [4.69, 9.17) is 21.1 Å². The number of aromatic nitrogens is 2. The van der Waals surface area contributed by atoms with Crippen molar-refractivity contribution in [1.82, 2.24) is 25.1 Å². The minimum Gasteiger partial charge on any atom is -0.460 e. The molecule has 1 N–H and O–H groups in total. The van der Waals surface area contributed by atoms with Gasteiger partial charge in [-0.05, 0) is 34.1 Å². The molecule has 3 rings (SSSR count). The maximum absolute atomic E-state index is 13.3. The first-order valence-electron chi connectivity index (χ1n) is 12.8. The largest absolute Gasteiger partial charge is 0.460 e. The molecule has 1 aromatic heterocycles. The fourth-order valence-corrected chi connectivity index (χ4v) is 4.23. The Kier molecular flexibility index (Phi) is 10.4. The fourth-order valence-electron chi connectivity index (χ4n) is 4.04. The van der Waals surface area contributed by atoms with Gasteiger partial charge in [0.1, 0.15) is 16.4 Å². The molecule has 0 saturated carbocycles. The molecule has 1 saturated heterocycles. The van der Waals surface area contributed by atoms with E-state index in [9.17, 15) is 14.4 Å². The number of carbonyl (C=O) groups excluding carboxylic acids is 3. The second-order valence-corrected chi connectivity index (χ2v) is 10.4. The lowest BCUT2D eigenvalue weighted by atomic mass is 10.1. The van der Waals surface area contributed by atoms with Gasteiger partial charge in [-0.2, -0.15) is 0 Å². The first-order valence-corrected chi connectivity index (χ1v) is 13.2. The van der Waals surface area contributed by atoms with Crippen LogP contribution in [0.2, 0.25) is 5.15 Å². The SMILES string of the molecule is CCOC(=O)N1CCN(C[C@H](CCC(=O)OC(C)(C)C)NC(=O)c2cc(Cl)nc(-c3ccccc3)n2)CC1. The summed E-state index contributed by atoms with van der Waals surface area (Å²) in [4.78, 5) is 50.2. The van der Waals surface area contributed by atoms with Crippen molar-refractivity contribution in [3.63, 3.8) is 0 Å². The number of ether oxygens (including phenoxy) is 2. The van der Waals surface area contributed by atoms with Crippen molar-refractivity contribution in [2.45, 2.75) is 52.2 Å². The van der Waals surface area contributed by atoms with Crippen LogP contribution in [0.5, 0.6) is 0 Å². The molecule has 1 atom stereocenters. The van der Waals surface area contributed by atoms with E-state index in [1.54, 1.807) is 11.8 Å². The van der Waals surface area contributed by atoms with Crippen LogP contribution in [-0.2, 0) is 14.3 Å². The molecule has 10 nitrogen and oxygen atoms in total. The van der Waals surface area contributed by atoms with Crippen molar-refractivity contribution < 1.29 is 23.9 Å². The van der Waals surface area contributed by atoms with Gasteiger partial charge < -0.3 is 19.7 Å². The van der Waals surface area contributed by atoms with Crippen LogP contribution in [0.15, 0.2) is 36.4 Å². The summed E-state index contributed by atoms with van der Waals surface area (Å²) in [6, 6.07) is 10.3. The van der Waals surface area contributed by atoms with Gasteiger partial charge in [0.15, 0.2) is 5.82 Å². The van der Waals surface area contributed by atoms with Crippen molar-refractivity contribution in [2.24, 2.45) is 0 Å². The lowest BCUT2D eigenvalue weighted by molar-refractivity contribution is -0.155. The molecule has 0 spiro atoms. The maximum atomic E-state index is 13.3. The Hall–Kier alpha value is -3.24. The normalized spacial score (nSPS) is 15.0. The van der Waals surface area contributed by atoms with Gasteiger partial charge >= 0.3 is 12.1 Å². The number of halogens is 1. The van der Waals surface area contributed by atoms with E-state index in [-0.39, 0.29) is 35.4 Å². The van der Waals surface area contributed by atoms with Gasteiger partial charge in [-0.15, -0.1) is 0 Å². The van der Waals surface area contributed by atoms with Crippen molar-refractivity contribution in [3.05, 3.63) is 47.2 Å². The van der Waals surface area contributed by atoms with Crippen LogP contribution in [0.25, 0.3) is 11.4 Å². The third-order valence-corrected chi connectivity index (χ3v) is 5.98. The van der Waals surface area contributed by atoms with E-state index < -0.39 is 11.5 Å². The molecular weight excluding hydrogens is 510 g/mol. The molecule has 11 heteroatoms. The number of benzene rings is 1. The lowest BCUT2D eigenvalue weighted by Crippen LogP contribution is -2.53. The van der Waals surface area contributed by atoms with Crippen LogP contribution in [0, 0.1) is 0 Å². The summed E-state index contributed by atoms with van der Waals surface area (Å²) >= 11 is 6.22. The zero-order valence-corrected chi connectivity index (χ0v) is 23.2. The average molecular weight is 546 g/mol. The standard InChI is InChI=1S/C27H36ClN5O5/c1-5-37-26(36)33-15-13-32(14-16-33)18-20(11-12-23(34)38-27(2,3)4)29-25(35)21-17-22(28)31-24(30-21)19-9-7-6-8-10-19/h6-10,17,20H,5,11-16,18H2,1-4H3,(H,29,35)/t20-/m0/s1. The van der Waals surface area contributed by atoms with Crippen LogP contribution in [0.1, 0.15) is 51.0 Å². The number of piperazine rings is 1. The van der Waals surface area contributed by atoms with Gasteiger partial charge in [-0.25, -0.2) is 14.8 Å². The molecular formula is C27H36ClN5O5. The Morgan fingerprint density at radius 1 is 1.08 bits per heavy atom. The van der Waals surface area contributed by atoms with E-state index in [1.165, 1.54) is 6.07 Å². The lowest BCUT2D eigenvalue weighted by Gasteiger charge is -2.36. The number of hydrogen-bond donors (Lipinski definition) is 1. The summed E-state index contributed by atoms with van der Waals surface area (Å²) < 4.78 is 10.5. The highest BCUT2D eigenvalue weighted by molar-refractivity contribution is 6.29. The second-order valence-electron chi connectivity index (χ2n) is 10.0. The summed E-state index contributed by atoms with van der Waals surface area (Å²) in [6.07, 6.45) is 0.199. The Labute approximate surface area is 228 Å². The molecule has 1 aliphatic rings. The van der Waals surface area contributed by atoms with Crippen molar-refractivity contribution in [1.29, 1.82) is 0 Å². The summed E-state index contributed by atoms with van der Waals surface area (Å²) in [6.45, 7) is 10.3. The molecule has 0 radical (unpaired) electrons. The molecule has 38 heavy (non-hydrogen) atoms. The zero-order chi connectivity index (χ0) is 27.7. The van der Waals surface area contributed by atoms with Crippen LogP contribution >= 0.6 is 11.6 Å². The van der Waals surface area contributed by atoms with Gasteiger partial charge in [0, 0.05) is 56.8 Å². The van der Waals surface area contributed by atoms with E-state index in [2.05, 4.69) is 20.2 Å². The molecule has 2 amide bonds. The number of nitrogens with zero attached hydrogens (tertiary/aromatic N) is 4. The highest BCUT2D eigenvalue weighted by Gasteiger charge is 2.26. The molecule has 0 aliphatic carbocycles. The van der Waals surface area contributed by atoms with E-state index in [0.29, 0.717) is 51.6 Å². The van der Waals surface area contributed by atoms with E-state index >= 15 is 0 Å². The molecule has 2 aromatic rings. The third kappa shape index (κ3) is 9.25. The number of hydrogen-bond acceptors (Lipinski definition) is 8. The summed E-state index contributed by atoms with van der Waals surface area (Å²) in [5.41, 5.74) is 0.286. The quantitative estimate of drug-likeness (QED) is 0.374. The van der Waals surface area contributed by atoms with E-state index in [0.717, 1.165) is 5.56 Å². The van der Waals surface area contributed by atoms with Crippen molar-refractivity contribution in [3.8, 4) is 11.4 Å². The van der Waals surface area contributed by atoms with Crippen LogP contribution < -0.4 is 5.32 Å². The highest BCUT2D eigenvalue weighted by atomic mass is 35.5. The number of esters is 1. The molecule has 1 aromatic carbocycles. The van der Waals surface area contributed by atoms with Gasteiger partial charge in [-0.3, -0.25) is 14.5 Å². The number of nitrogens with one attached hydrogen (secondary N) is 1. The summed E-state index contributed by atoms with van der Waals surface area (Å²) in [7, 11) is 0.